The highest BCUT2D eigenvalue weighted by Gasteiger charge is 2.46. The van der Waals surface area contributed by atoms with Crippen LogP contribution in [0.15, 0.2) is 53.6 Å². The number of benzene rings is 2. The Kier molecular flexibility index (Phi) is 10.9. The number of piperidine rings is 3. The Morgan fingerprint density at radius 3 is 2.20 bits per heavy atom. The van der Waals surface area contributed by atoms with Crippen molar-refractivity contribution in [2.75, 3.05) is 90.0 Å². The number of carbonyl (C=O) groups excluding carboxylic acids is 3. The summed E-state index contributed by atoms with van der Waals surface area (Å²) in [6.07, 6.45) is 8.89. The van der Waals surface area contributed by atoms with Crippen molar-refractivity contribution in [3.8, 4) is 22.6 Å². The minimum Gasteiger partial charge on any atom is -0.496 e. The number of carbonyl (C=O) groups is 3. The van der Waals surface area contributed by atoms with Gasteiger partial charge in [0.05, 0.1) is 30.8 Å². The smallest absolute Gasteiger partial charge is 0.259 e. The molecule has 1 spiro atoms. The molecular formula is C49H60N8O7. The normalized spacial score (nSPS) is 22.4. The van der Waals surface area contributed by atoms with Crippen LogP contribution < -0.4 is 30.1 Å². The van der Waals surface area contributed by atoms with E-state index in [4.69, 9.17) is 14.2 Å². The van der Waals surface area contributed by atoms with Crippen LogP contribution in [0.2, 0.25) is 0 Å². The fourth-order valence-corrected chi connectivity index (χ4v) is 11.2. The summed E-state index contributed by atoms with van der Waals surface area (Å²) in [5, 5.41) is 3.80. The predicted octanol–water partition coefficient (Wildman–Crippen LogP) is 4.42. The monoisotopic (exact) mass is 872 g/mol. The quantitative estimate of drug-likeness (QED) is 0.214. The molecule has 0 bridgehead atoms. The lowest BCUT2D eigenvalue weighted by Gasteiger charge is -2.55. The average Bonchev–Trinajstić information content (AvgIpc) is 3.61. The van der Waals surface area contributed by atoms with Gasteiger partial charge in [0.15, 0.2) is 0 Å². The van der Waals surface area contributed by atoms with E-state index < -0.39 is 6.04 Å². The highest BCUT2D eigenvalue weighted by Crippen LogP contribution is 2.44. The van der Waals surface area contributed by atoms with Gasteiger partial charge in [0.25, 0.3) is 11.5 Å². The van der Waals surface area contributed by atoms with Gasteiger partial charge in [-0.2, -0.15) is 0 Å². The third-order valence-electron chi connectivity index (χ3n) is 15.3. The van der Waals surface area contributed by atoms with Gasteiger partial charge < -0.3 is 38.4 Å². The lowest BCUT2D eigenvalue weighted by molar-refractivity contribution is -0.136. The molecule has 8 heterocycles. The van der Waals surface area contributed by atoms with Crippen molar-refractivity contribution < 1.29 is 28.6 Å². The van der Waals surface area contributed by atoms with Crippen molar-refractivity contribution in [3.05, 3.63) is 75.8 Å². The van der Waals surface area contributed by atoms with Crippen LogP contribution in [0.4, 0.5) is 11.5 Å². The van der Waals surface area contributed by atoms with Crippen molar-refractivity contribution in [2.24, 2.45) is 18.4 Å². The van der Waals surface area contributed by atoms with Crippen LogP contribution in [0.1, 0.15) is 66.9 Å². The molecule has 2 aromatic carbocycles. The largest absolute Gasteiger partial charge is 0.496 e. The minimum atomic E-state index is -0.593. The molecule has 0 saturated carbocycles. The lowest BCUT2D eigenvalue weighted by Crippen LogP contribution is -2.61. The molecule has 0 radical (unpaired) electrons. The standard InChI is InChI=1S/C49H60N8O7/c1-48(64-5)27-56(28-48)43-21-36-37(22-50-43)46(60)52(2)25-38(36)33-18-41(62-3)39(42(19-33)63-4)26-53-14-10-31(11-15-53)23-54-16-12-49(13-17-54)29-55(30-49)34-7-6-32-24-57(47(61)35(32)20-34)40-8-9-44(58)51-45(40)59/h6-7,18-22,25,31,40H,8-17,23-24,26-30H2,1-5H3,(H,51,58,59). The summed E-state index contributed by atoms with van der Waals surface area (Å²) in [5.41, 5.74) is 5.58. The first kappa shape index (κ1) is 42.4. The van der Waals surface area contributed by atoms with E-state index in [0.717, 1.165) is 129 Å². The number of rotatable bonds is 11. The van der Waals surface area contributed by atoms with Crippen LogP contribution in [0.5, 0.6) is 11.5 Å². The van der Waals surface area contributed by atoms with Crippen LogP contribution in [0, 0.1) is 11.3 Å². The van der Waals surface area contributed by atoms with Crippen LogP contribution in [-0.2, 0) is 34.5 Å². The van der Waals surface area contributed by atoms with Gasteiger partial charge in [-0.15, -0.1) is 0 Å². The molecule has 6 aliphatic heterocycles. The molecule has 6 aliphatic rings. The van der Waals surface area contributed by atoms with Gasteiger partial charge in [0, 0.05) is 106 Å². The van der Waals surface area contributed by atoms with Crippen molar-refractivity contribution in [1.29, 1.82) is 0 Å². The Bertz CT molecular complexity index is 2540. The SMILES string of the molecule is COc1cc(-c2cn(C)c(=O)c3cnc(N4CC(C)(OC)C4)cc23)cc(OC)c1CN1CCC(CN2CCC3(CC2)CN(c2ccc4c(c2)C(=O)N(C2CCC(=O)NC2=O)C4)C3)CC1. The molecule has 10 rings (SSSR count). The lowest BCUT2D eigenvalue weighted by atomic mass is 9.71. The average molecular weight is 873 g/mol. The van der Waals surface area contributed by atoms with E-state index in [1.165, 1.54) is 12.8 Å². The number of fused-ring (bicyclic) bond motifs is 2. The molecular weight excluding hydrogens is 813 g/mol. The Balaban J connectivity index is 0.731. The number of hydrogen-bond donors (Lipinski definition) is 1. The molecule has 338 valence electrons. The summed E-state index contributed by atoms with van der Waals surface area (Å²) in [6.45, 7) is 12.1. The minimum absolute atomic E-state index is 0.0900. The zero-order valence-corrected chi connectivity index (χ0v) is 37.8. The number of nitrogens with one attached hydrogen (secondary N) is 1. The number of imide groups is 1. The Morgan fingerprint density at radius 1 is 0.812 bits per heavy atom. The molecule has 1 atom stereocenters. The number of pyridine rings is 2. The van der Waals surface area contributed by atoms with E-state index in [1.807, 2.05) is 24.4 Å². The summed E-state index contributed by atoms with van der Waals surface area (Å²) < 4.78 is 19.4. The molecule has 1 unspecified atom stereocenters. The fraction of sp³-hybridized carbons (Fsp3) is 0.531. The Morgan fingerprint density at radius 2 is 1.53 bits per heavy atom. The van der Waals surface area contributed by atoms with Crippen LogP contribution in [0.25, 0.3) is 21.9 Å². The third kappa shape index (κ3) is 7.68. The van der Waals surface area contributed by atoms with E-state index in [1.54, 1.807) is 44.0 Å². The number of likely N-dealkylation sites (tertiary alicyclic amines) is 2. The van der Waals surface area contributed by atoms with Gasteiger partial charge in [-0.3, -0.25) is 29.4 Å². The van der Waals surface area contributed by atoms with Crippen LogP contribution >= 0.6 is 0 Å². The third-order valence-corrected chi connectivity index (χ3v) is 15.3. The number of hydrogen-bond acceptors (Lipinski definition) is 12. The zero-order valence-electron chi connectivity index (χ0n) is 37.8. The molecule has 2 aromatic heterocycles. The topological polar surface area (TPSA) is 142 Å². The second-order valence-electron chi connectivity index (χ2n) is 19.5. The van der Waals surface area contributed by atoms with E-state index in [-0.39, 0.29) is 35.3 Å². The summed E-state index contributed by atoms with van der Waals surface area (Å²) in [5.74, 6) is 2.26. The number of aromatic nitrogens is 2. The van der Waals surface area contributed by atoms with Gasteiger partial charge in [-0.1, -0.05) is 6.07 Å². The highest BCUT2D eigenvalue weighted by molar-refractivity contribution is 6.05. The molecule has 15 heteroatoms. The maximum atomic E-state index is 13.4. The second kappa shape index (κ2) is 16.5. The van der Waals surface area contributed by atoms with Crippen LogP contribution in [-0.4, -0.2) is 134 Å². The second-order valence-corrected chi connectivity index (χ2v) is 19.5. The highest BCUT2D eigenvalue weighted by atomic mass is 16.5. The summed E-state index contributed by atoms with van der Waals surface area (Å²) >= 11 is 0. The number of amides is 3. The first-order valence-electron chi connectivity index (χ1n) is 22.9. The molecule has 15 nitrogen and oxygen atoms in total. The van der Waals surface area contributed by atoms with Gasteiger partial charge in [-0.05, 0) is 113 Å². The van der Waals surface area contributed by atoms with Crippen molar-refractivity contribution in [3.63, 3.8) is 0 Å². The van der Waals surface area contributed by atoms with E-state index in [2.05, 4.69) is 55.0 Å². The summed E-state index contributed by atoms with van der Waals surface area (Å²) in [7, 11) is 6.94. The fourth-order valence-electron chi connectivity index (χ4n) is 11.2. The number of methoxy groups -OCH3 is 3. The molecule has 0 aliphatic carbocycles. The van der Waals surface area contributed by atoms with Crippen molar-refractivity contribution in [1.82, 2.24) is 29.6 Å². The van der Waals surface area contributed by atoms with Gasteiger partial charge >= 0.3 is 0 Å². The van der Waals surface area contributed by atoms with Gasteiger partial charge in [0.2, 0.25) is 11.8 Å². The molecule has 5 saturated heterocycles. The maximum absolute atomic E-state index is 13.4. The molecule has 64 heavy (non-hydrogen) atoms. The molecule has 5 fully saturated rings. The molecule has 3 amide bonds. The van der Waals surface area contributed by atoms with Gasteiger partial charge in [-0.25, -0.2) is 4.98 Å². The predicted molar refractivity (Wildman–Crippen MR) is 244 cm³/mol. The van der Waals surface area contributed by atoms with Crippen LogP contribution in [0.3, 0.4) is 0 Å². The first-order chi connectivity index (χ1) is 30.8. The van der Waals surface area contributed by atoms with E-state index in [9.17, 15) is 19.2 Å². The Labute approximate surface area is 374 Å². The van der Waals surface area contributed by atoms with E-state index in [0.29, 0.717) is 35.2 Å². The Hall–Kier alpha value is -5.51. The molecule has 4 aromatic rings. The number of nitrogens with zero attached hydrogens (tertiary/aromatic N) is 7. The summed E-state index contributed by atoms with van der Waals surface area (Å²) in [4.78, 5) is 66.9. The zero-order chi connectivity index (χ0) is 44.5. The maximum Gasteiger partial charge on any atom is 0.259 e. The summed E-state index contributed by atoms with van der Waals surface area (Å²) in [6, 6.07) is 11.7. The first-order valence-corrected chi connectivity index (χ1v) is 22.9. The number of ether oxygens (including phenoxy) is 3. The van der Waals surface area contributed by atoms with E-state index >= 15 is 0 Å². The van der Waals surface area contributed by atoms with Gasteiger partial charge in [0.1, 0.15) is 23.4 Å². The molecule has 1 N–H and O–H groups in total. The number of aryl methyl sites for hydroxylation is 1. The van der Waals surface area contributed by atoms with Crippen molar-refractivity contribution >= 4 is 40.0 Å². The van der Waals surface area contributed by atoms with Crippen molar-refractivity contribution in [2.45, 2.75) is 70.2 Å². The number of anilines is 2.